The molecule has 0 aromatic heterocycles. The van der Waals surface area contributed by atoms with Gasteiger partial charge in [-0.3, -0.25) is 0 Å². The van der Waals surface area contributed by atoms with Gasteiger partial charge in [0, 0.05) is 18.3 Å². The van der Waals surface area contributed by atoms with Crippen LogP contribution in [-0.2, 0) is 24.0 Å². The Hall–Kier alpha value is -0.0700. The van der Waals surface area contributed by atoms with E-state index in [0.717, 1.165) is 32.1 Å². The first kappa shape index (κ1) is 18.3. The van der Waals surface area contributed by atoms with Gasteiger partial charge >= 0.3 is 5.97 Å². The lowest BCUT2D eigenvalue weighted by molar-refractivity contribution is -0.494. The average molecular weight is 393 g/mol. The van der Waals surface area contributed by atoms with Crippen molar-refractivity contribution >= 4 is 29.2 Å². The van der Waals surface area contributed by atoms with Crippen LogP contribution in [0.25, 0.3) is 0 Å². The minimum absolute atomic E-state index is 0.00617. The predicted octanol–water partition coefficient (Wildman–Crippen LogP) is 4.00. The van der Waals surface area contributed by atoms with E-state index in [0.29, 0.717) is 11.8 Å². The SMILES string of the molecule is C[C@H]1C(OC(=O)C(Cl)Cl)O[C@@H]2C[C@@]3(C)CC[C@H]4[C@H](C)CCC1[C@@]24OO3. The van der Waals surface area contributed by atoms with Crippen LogP contribution in [0.1, 0.15) is 52.9 Å². The van der Waals surface area contributed by atoms with Crippen LogP contribution in [0.15, 0.2) is 0 Å². The summed E-state index contributed by atoms with van der Waals surface area (Å²) in [5.74, 6) is 0.519. The number of carbonyl (C=O) groups is 1. The van der Waals surface area contributed by atoms with Gasteiger partial charge in [-0.15, -0.1) is 0 Å². The second kappa shape index (κ2) is 6.23. The van der Waals surface area contributed by atoms with Crippen LogP contribution in [0.2, 0.25) is 0 Å². The number of rotatable bonds is 2. The molecule has 1 spiro atoms. The molecule has 2 bridgehead atoms. The largest absolute Gasteiger partial charge is 0.433 e. The summed E-state index contributed by atoms with van der Waals surface area (Å²) in [5, 5.41) is 0. The molecule has 3 heterocycles. The zero-order valence-electron chi connectivity index (χ0n) is 14.9. The average Bonchev–Trinajstić information content (AvgIpc) is 2.78. The number of alkyl halides is 2. The van der Waals surface area contributed by atoms with E-state index in [1.165, 1.54) is 0 Å². The second-order valence-corrected chi connectivity index (χ2v) is 9.67. The Morgan fingerprint density at radius 1 is 1.16 bits per heavy atom. The van der Waals surface area contributed by atoms with Crippen molar-refractivity contribution < 1.29 is 24.0 Å². The number of carbonyl (C=O) groups excluding carboxylic acids is 1. The third-order valence-electron chi connectivity index (χ3n) is 7.04. The van der Waals surface area contributed by atoms with Crippen LogP contribution in [0, 0.1) is 23.7 Å². The van der Waals surface area contributed by atoms with Gasteiger partial charge in [-0.05, 0) is 44.4 Å². The Labute approximate surface area is 158 Å². The maximum absolute atomic E-state index is 11.9. The molecule has 5 rings (SSSR count). The van der Waals surface area contributed by atoms with Crippen molar-refractivity contribution in [3.05, 3.63) is 0 Å². The summed E-state index contributed by atoms with van der Waals surface area (Å²) < 4.78 is 11.8. The van der Waals surface area contributed by atoms with Crippen LogP contribution in [0.4, 0.5) is 0 Å². The molecule has 5 fully saturated rings. The number of ether oxygens (including phenoxy) is 2. The molecule has 142 valence electrons. The fraction of sp³-hybridized carbons (Fsp3) is 0.944. The van der Waals surface area contributed by atoms with Gasteiger partial charge in [0.25, 0.3) is 0 Å². The van der Waals surface area contributed by atoms with Crippen LogP contribution in [0.3, 0.4) is 0 Å². The maximum Gasteiger partial charge on any atom is 0.341 e. The quantitative estimate of drug-likeness (QED) is 0.403. The zero-order valence-corrected chi connectivity index (χ0v) is 16.4. The van der Waals surface area contributed by atoms with Gasteiger partial charge in [0.15, 0.2) is 0 Å². The molecule has 2 aliphatic carbocycles. The van der Waals surface area contributed by atoms with Gasteiger partial charge in [-0.25, -0.2) is 14.6 Å². The predicted molar refractivity (Wildman–Crippen MR) is 91.9 cm³/mol. The van der Waals surface area contributed by atoms with E-state index in [1.807, 2.05) is 0 Å². The number of hydrogen-bond donors (Lipinski definition) is 0. The molecule has 2 saturated carbocycles. The summed E-state index contributed by atoms with van der Waals surface area (Å²) in [4.78, 5) is 22.8. The third-order valence-corrected chi connectivity index (χ3v) is 7.40. The molecule has 0 aromatic carbocycles. The van der Waals surface area contributed by atoms with Crippen LogP contribution in [-0.4, -0.2) is 34.4 Å². The second-order valence-electron chi connectivity index (χ2n) is 8.57. The molecular weight excluding hydrogens is 367 g/mol. The maximum atomic E-state index is 11.9. The van der Waals surface area contributed by atoms with E-state index >= 15 is 0 Å². The molecule has 5 nitrogen and oxygen atoms in total. The fourth-order valence-electron chi connectivity index (χ4n) is 5.72. The number of esters is 1. The standard InChI is InChI=1S/C18H26Cl2O5/c1-9-4-5-12-10(2)16(23-15(21)14(19)20)22-13-8-17(3)7-6-11(9)18(12,13)25-24-17/h9-14,16H,4-8H2,1-3H3/t9-,10-,11+,12?,13-,16?,17-,18-/m1/s1. The van der Waals surface area contributed by atoms with Crippen molar-refractivity contribution in [2.75, 3.05) is 0 Å². The van der Waals surface area contributed by atoms with E-state index in [9.17, 15) is 4.79 Å². The van der Waals surface area contributed by atoms with Gasteiger partial charge in [-0.2, -0.15) is 0 Å². The minimum atomic E-state index is -1.20. The molecule has 0 aromatic rings. The Bertz CT molecular complexity index is 558. The van der Waals surface area contributed by atoms with Crippen molar-refractivity contribution in [3.63, 3.8) is 0 Å². The number of halogens is 2. The highest BCUT2D eigenvalue weighted by Crippen LogP contribution is 2.61. The highest BCUT2D eigenvalue weighted by Gasteiger charge is 2.68. The Morgan fingerprint density at radius 2 is 1.92 bits per heavy atom. The van der Waals surface area contributed by atoms with Gasteiger partial charge in [0.1, 0.15) is 11.2 Å². The Morgan fingerprint density at radius 3 is 2.64 bits per heavy atom. The highest BCUT2D eigenvalue weighted by molar-refractivity contribution is 6.52. The first-order valence-corrected chi connectivity index (χ1v) is 10.1. The molecular formula is C18H26Cl2O5. The van der Waals surface area contributed by atoms with Crippen LogP contribution < -0.4 is 0 Å². The van der Waals surface area contributed by atoms with Gasteiger partial charge < -0.3 is 9.47 Å². The minimum Gasteiger partial charge on any atom is -0.433 e. The van der Waals surface area contributed by atoms with Crippen molar-refractivity contribution in [2.45, 2.75) is 81.3 Å². The van der Waals surface area contributed by atoms with Gasteiger partial charge in [-0.1, -0.05) is 37.0 Å². The summed E-state index contributed by atoms with van der Waals surface area (Å²) in [6.45, 7) is 6.44. The van der Waals surface area contributed by atoms with E-state index in [1.54, 1.807) is 0 Å². The molecule has 8 atom stereocenters. The first-order valence-electron chi connectivity index (χ1n) is 9.28. The monoisotopic (exact) mass is 392 g/mol. The summed E-state index contributed by atoms with van der Waals surface area (Å²) in [6, 6.07) is 0. The topological polar surface area (TPSA) is 54.0 Å². The van der Waals surface area contributed by atoms with E-state index in [-0.39, 0.29) is 23.5 Å². The molecule has 2 unspecified atom stereocenters. The van der Waals surface area contributed by atoms with Crippen molar-refractivity contribution in [2.24, 2.45) is 23.7 Å². The third kappa shape index (κ3) is 2.73. The molecule has 5 aliphatic rings. The highest BCUT2D eigenvalue weighted by atomic mass is 35.5. The summed E-state index contributed by atoms with van der Waals surface area (Å²) in [6.07, 6.45) is 4.15. The summed E-state index contributed by atoms with van der Waals surface area (Å²) in [5.41, 5.74) is -0.800. The van der Waals surface area contributed by atoms with E-state index < -0.39 is 22.7 Å². The van der Waals surface area contributed by atoms with Gasteiger partial charge in [0.2, 0.25) is 11.1 Å². The molecule has 0 N–H and O–H groups in total. The Kier molecular flexibility index (Phi) is 4.56. The lowest BCUT2D eigenvalue weighted by Gasteiger charge is -2.60. The molecule has 7 heteroatoms. The normalized spacial score (nSPS) is 51.8. The van der Waals surface area contributed by atoms with Crippen molar-refractivity contribution in [3.8, 4) is 0 Å². The fourth-order valence-corrected chi connectivity index (χ4v) is 5.82. The van der Waals surface area contributed by atoms with E-state index in [2.05, 4.69) is 20.8 Å². The molecule has 3 aliphatic heterocycles. The van der Waals surface area contributed by atoms with Crippen molar-refractivity contribution in [1.82, 2.24) is 0 Å². The van der Waals surface area contributed by atoms with Crippen LogP contribution >= 0.6 is 23.2 Å². The lowest BCUT2D eigenvalue weighted by atomic mass is 9.56. The first-order chi connectivity index (χ1) is 11.8. The summed E-state index contributed by atoms with van der Waals surface area (Å²) >= 11 is 11.3. The number of hydrogen-bond acceptors (Lipinski definition) is 5. The molecule has 0 amide bonds. The molecule has 3 saturated heterocycles. The Balaban J connectivity index is 1.68. The van der Waals surface area contributed by atoms with Crippen molar-refractivity contribution in [1.29, 1.82) is 0 Å². The molecule has 25 heavy (non-hydrogen) atoms. The zero-order chi connectivity index (χ0) is 18.0. The van der Waals surface area contributed by atoms with Crippen LogP contribution in [0.5, 0.6) is 0 Å². The lowest BCUT2D eigenvalue weighted by Crippen LogP contribution is -2.69. The smallest absolute Gasteiger partial charge is 0.341 e. The number of fused-ring (bicyclic) bond motifs is 2. The summed E-state index contributed by atoms with van der Waals surface area (Å²) in [7, 11) is 0. The molecule has 0 radical (unpaired) electrons. The van der Waals surface area contributed by atoms with E-state index in [4.69, 9.17) is 42.5 Å². The van der Waals surface area contributed by atoms with Gasteiger partial charge in [0.05, 0.1) is 6.10 Å².